The van der Waals surface area contributed by atoms with E-state index in [1.807, 2.05) is 18.2 Å². The molecule has 0 aliphatic heterocycles. The fourth-order valence-corrected chi connectivity index (χ4v) is 4.83. The first-order chi connectivity index (χ1) is 16.5. The van der Waals surface area contributed by atoms with Gasteiger partial charge < -0.3 is 10.2 Å². The van der Waals surface area contributed by atoms with E-state index >= 15 is 0 Å². The minimum Gasteiger partial charge on any atom is -0.352 e. The smallest absolute Gasteiger partial charge is 0.242 e. The number of rotatable bonds is 8. The Morgan fingerprint density at radius 3 is 2.44 bits per heavy atom. The number of aryl methyl sites for hydroxylation is 1. The van der Waals surface area contributed by atoms with Gasteiger partial charge in [-0.1, -0.05) is 73.9 Å². The minimum atomic E-state index is -0.605. The van der Waals surface area contributed by atoms with Crippen LogP contribution in [0.4, 0.5) is 4.39 Å². The monoisotopic (exact) mass is 460 g/mol. The molecule has 1 aliphatic rings. The number of amides is 2. The van der Waals surface area contributed by atoms with E-state index in [-0.39, 0.29) is 30.2 Å². The Balaban J connectivity index is 1.49. The number of nitrogens with zero attached hydrogens (tertiary/aromatic N) is 1. The van der Waals surface area contributed by atoms with Crippen molar-refractivity contribution in [3.8, 4) is 0 Å². The molecular formula is C29H33FN2O2. The fraction of sp³-hybridized carbons (Fsp3) is 0.379. The molecule has 3 aromatic carbocycles. The van der Waals surface area contributed by atoms with Crippen LogP contribution in [0.3, 0.4) is 0 Å². The van der Waals surface area contributed by atoms with E-state index in [0.717, 1.165) is 47.6 Å². The molecule has 1 N–H and O–H groups in total. The lowest BCUT2D eigenvalue weighted by atomic mass is 9.95. The van der Waals surface area contributed by atoms with E-state index in [4.69, 9.17) is 0 Å². The second-order valence-electron chi connectivity index (χ2n) is 9.31. The van der Waals surface area contributed by atoms with E-state index in [0.29, 0.717) is 12.8 Å². The van der Waals surface area contributed by atoms with Crippen LogP contribution in [0.1, 0.15) is 56.6 Å². The van der Waals surface area contributed by atoms with Crippen LogP contribution in [0.15, 0.2) is 66.7 Å². The van der Waals surface area contributed by atoms with Crippen molar-refractivity contribution in [3.63, 3.8) is 0 Å². The zero-order valence-corrected chi connectivity index (χ0v) is 19.8. The maximum absolute atomic E-state index is 13.4. The normalized spacial score (nSPS) is 15.1. The lowest BCUT2D eigenvalue weighted by Gasteiger charge is -2.31. The van der Waals surface area contributed by atoms with Crippen molar-refractivity contribution < 1.29 is 14.0 Å². The van der Waals surface area contributed by atoms with Gasteiger partial charge in [-0.15, -0.1) is 0 Å². The third-order valence-corrected chi connectivity index (χ3v) is 6.87. The largest absolute Gasteiger partial charge is 0.352 e. The average molecular weight is 461 g/mol. The van der Waals surface area contributed by atoms with Crippen molar-refractivity contribution >= 4 is 22.6 Å². The summed E-state index contributed by atoms with van der Waals surface area (Å²) in [5.41, 5.74) is 1.92. The highest BCUT2D eigenvalue weighted by Crippen LogP contribution is 2.22. The maximum Gasteiger partial charge on any atom is 0.242 e. The quantitative estimate of drug-likeness (QED) is 0.463. The second kappa shape index (κ2) is 11.3. The maximum atomic E-state index is 13.4. The van der Waals surface area contributed by atoms with E-state index in [1.54, 1.807) is 24.0 Å². The first kappa shape index (κ1) is 23.9. The van der Waals surface area contributed by atoms with Gasteiger partial charge in [0.2, 0.25) is 11.8 Å². The van der Waals surface area contributed by atoms with E-state index in [2.05, 4.69) is 29.6 Å². The Hall–Kier alpha value is -3.21. The van der Waals surface area contributed by atoms with Gasteiger partial charge in [-0.05, 0) is 60.2 Å². The molecular weight excluding hydrogens is 427 g/mol. The standard InChI is InChI=1S/C29H33FN2O2/c1-21(29(34)31-26-11-3-2-4-12-26)32(20-22-14-17-25(30)18-15-22)28(33)19-16-24-10-7-9-23-8-5-6-13-27(23)24/h5-10,13-15,17-18,21,26H,2-4,11-12,16,19-20H2,1H3,(H,31,34)/t21-/m1/s1. The van der Waals surface area contributed by atoms with Crippen LogP contribution in [0.2, 0.25) is 0 Å². The summed E-state index contributed by atoms with van der Waals surface area (Å²) in [5.74, 6) is -0.517. The average Bonchev–Trinajstić information content (AvgIpc) is 2.87. The molecule has 3 aromatic rings. The SMILES string of the molecule is C[C@H](C(=O)NC1CCCCC1)N(Cc1ccc(F)cc1)C(=O)CCc1cccc2ccccc12. The third kappa shape index (κ3) is 6.02. The fourth-order valence-electron chi connectivity index (χ4n) is 4.83. The predicted octanol–water partition coefficient (Wildman–Crippen LogP) is 5.78. The van der Waals surface area contributed by atoms with Gasteiger partial charge >= 0.3 is 0 Å². The number of fused-ring (bicyclic) bond motifs is 1. The molecule has 4 nitrogen and oxygen atoms in total. The first-order valence-electron chi connectivity index (χ1n) is 12.3. The molecule has 0 bridgehead atoms. The summed E-state index contributed by atoms with van der Waals surface area (Å²) in [5, 5.41) is 5.45. The van der Waals surface area contributed by atoms with Crippen LogP contribution in [0.25, 0.3) is 10.8 Å². The first-order valence-corrected chi connectivity index (χ1v) is 12.3. The number of benzene rings is 3. The van der Waals surface area contributed by atoms with Gasteiger partial charge in [-0.3, -0.25) is 9.59 Å². The van der Waals surface area contributed by atoms with Crippen molar-refractivity contribution in [3.05, 3.63) is 83.7 Å². The van der Waals surface area contributed by atoms with Gasteiger partial charge in [0.05, 0.1) is 0 Å². The molecule has 178 valence electrons. The van der Waals surface area contributed by atoms with Gasteiger partial charge in [0.15, 0.2) is 0 Å². The van der Waals surface area contributed by atoms with E-state index in [9.17, 15) is 14.0 Å². The van der Waals surface area contributed by atoms with Crippen LogP contribution < -0.4 is 5.32 Å². The Labute approximate surface area is 201 Å². The number of hydrogen-bond donors (Lipinski definition) is 1. The van der Waals surface area contributed by atoms with E-state index < -0.39 is 6.04 Å². The van der Waals surface area contributed by atoms with Crippen molar-refractivity contribution in [2.45, 2.75) is 70.5 Å². The topological polar surface area (TPSA) is 49.4 Å². The number of hydrogen-bond acceptors (Lipinski definition) is 2. The van der Waals surface area contributed by atoms with Crippen molar-refractivity contribution in [2.75, 3.05) is 0 Å². The summed E-state index contributed by atoms with van der Waals surface area (Å²) in [6.07, 6.45) is 6.35. The van der Waals surface area contributed by atoms with E-state index in [1.165, 1.54) is 18.6 Å². The third-order valence-electron chi connectivity index (χ3n) is 6.87. The van der Waals surface area contributed by atoms with Crippen LogP contribution >= 0.6 is 0 Å². The lowest BCUT2D eigenvalue weighted by Crippen LogP contribution is -2.50. The summed E-state index contributed by atoms with van der Waals surface area (Å²) in [4.78, 5) is 28.2. The molecule has 34 heavy (non-hydrogen) atoms. The number of nitrogens with one attached hydrogen (secondary N) is 1. The van der Waals surface area contributed by atoms with Crippen LogP contribution in [-0.2, 0) is 22.6 Å². The minimum absolute atomic E-state index is 0.0800. The summed E-state index contributed by atoms with van der Waals surface area (Å²) in [6.45, 7) is 2.06. The number of halogens is 1. The second-order valence-corrected chi connectivity index (χ2v) is 9.31. The van der Waals surface area contributed by atoms with Crippen molar-refractivity contribution in [1.29, 1.82) is 0 Å². The van der Waals surface area contributed by atoms with Gasteiger partial charge in [0.25, 0.3) is 0 Å². The lowest BCUT2D eigenvalue weighted by molar-refractivity contribution is -0.141. The highest BCUT2D eigenvalue weighted by molar-refractivity contribution is 5.89. The Morgan fingerprint density at radius 2 is 1.68 bits per heavy atom. The molecule has 0 aromatic heterocycles. The number of carbonyl (C=O) groups is 2. The zero-order chi connectivity index (χ0) is 23.9. The van der Waals surface area contributed by atoms with Gasteiger partial charge in [-0.2, -0.15) is 0 Å². The molecule has 1 saturated carbocycles. The van der Waals surface area contributed by atoms with Crippen LogP contribution in [0, 0.1) is 5.82 Å². The Kier molecular flexibility index (Phi) is 7.94. The van der Waals surface area contributed by atoms with Crippen molar-refractivity contribution in [2.24, 2.45) is 0 Å². The van der Waals surface area contributed by atoms with Gasteiger partial charge in [0, 0.05) is 19.0 Å². The Bertz CT molecular complexity index is 1120. The van der Waals surface area contributed by atoms with Crippen LogP contribution in [0.5, 0.6) is 0 Å². The molecule has 0 radical (unpaired) electrons. The molecule has 0 spiro atoms. The molecule has 0 saturated heterocycles. The number of carbonyl (C=O) groups excluding carboxylic acids is 2. The molecule has 4 rings (SSSR count). The highest BCUT2D eigenvalue weighted by atomic mass is 19.1. The molecule has 2 amide bonds. The molecule has 5 heteroatoms. The molecule has 1 aliphatic carbocycles. The molecule has 0 unspecified atom stereocenters. The molecule has 1 fully saturated rings. The van der Waals surface area contributed by atoms with Gasteiger partial charge in [0.1, 0.15) is 11.9 Å². The Morgan fingerprint density at radius 1 is 0.971 bits per heavy atom. The van der Waals surface area contributed by atoms with Gasteiger partial charge in [-0.25, -0.2) is 4.39 Å². The zero-order valence-electron chi connectivity index (χ0n) is 19.8. The predicted molar refractivity (Wildman–Crippen MR) is 134 cm³/mol. The van der Waals surface area contributed by atoms with Crippen molar-refractivity contribution in [1.82, 2.24) is 10.2 Å². The molecule has 1 atom stereocenters. The summed E-state index contributed by atoms with van der Waals surface area (Å²) in [7, 11) is 0. The summed E-state index contributed by atoms with van der Waals surface area (Å²) < 4.78 is 13.4. The summed E-state index contributed by atoms with van der Waals surface area (Å²) in [6, 6.07) is 20.0. The molecule has 0 heterocycles. The highest BCUT2D eigenvalue weighted by Gasteiger charge is 2.28. The summed E-state index contributed by atoms with van der Waals surface area (Å²) >= 11 is 0. The van der Waals surface area contributed by atoms with Crippen LogP contribution in [-0.4, -0.2) is 28.8 Å².